The van der Waals surface area contributed by atoms with E-state index in [1.54, 1.807) is 4.68 Å². The van der Waals surface area contributed by atoms with Gasteiger partial charge in [-0.2, -0.15) is 5.10 Å². The molecule has 2 aromatic carbocycles. The van der Waals surface area contributed by atoms with Gasteiger partial charge in [0, 0.05) is 30.8 Å². The number of hydrogen-bond donors (Lipinski definition) is 3. The number of carboxylic acid groups (broad SMARTS) is 1. The van der Waals surface area contributed by atoms with Crippen LogP contribution in [-0.2, 0) is 27.4 Å². The van der Waals surface area contributed by atoms with Gasteiger partial charge in [0.25, 0.3) is 0 Å². The zero-order valence-electron chi connectivity index (χ0n) is 19.7. The number of carbonyl (C=O) groups is 3. The van der Waals surface area contributed by atoms with E-state index in [1.165, 1.54) is 0 Å². The van der Waals surface area contributed by atoms with E-state index in [4.69, 9.17) is 4.74 Å². The highest BCUT2D eigenvalue weighted by atomic mass is 16.5. The average Bonchev–Trinajstić information content (AvgIpc) is 3.37. The van der Waals surface area contributed by atoms with Gasteiger partial charge in [0.05, 0.1) is 12.1 Å². The molecule has 9 nitrogen and oxygen atoms in total. The van der Waals surface area contributed by atoms with Crippen LogP contribution < -0.4 is 10.6 Å². The molecule has 0 fully saturated rings. The molecule has 0 aliphatic heterocycles. The van der Waals surface area contributed by atoms with Crippen LogP contribution in [0.3, 0.4) is 0 Å². The maximum absolute atomic E-state index is 12.7. The summed E-state index contributed by atoms with van der Waals surface area (Å²) in [7, 11) is 0. The minimum atomic E-state index is -1.27. The van der Waals surface area contributed by atoms with Crippen LogP contribution in [-0.4, -0.2) is 45.5 Å². The van der Waals surface area contributed by atoms with Gasteiger partial charge in [0.15, 0.2) is 0 Å². The van der Waals surface area contributed by atoms with Gasteiger partial charge in [0.2, 0.25) is 5.91 Å². The monoisotopic (exact) mass is 476 g/mol. The molecule has 182 valence electrons. The molecule has 1 aromatic heterocycles. The van der Waals surface area contributed by atoms with Crippen molar-refractivity contribution in [2.24, 2.45) is 0 Å². The number of ether oxygens (including phenoxy) is 1. The summed E-state index contributed by atoms with van der Waals surface area (Å²) in [6, 6.07) is 14.6. The first-order valence-electron chi connectivity index (χ1n) is 11.5. The van der Waals surface area contributed by atoms with Gasteiger partial charge in [0.1, 0.15) is 12.6 Å². The van der Waals surface area contributed by atoms with Crippen molar-refractivity contribution in [3.8, 4) is 11.1 Å². The zero-order valence-corrected chi connectivity index (χ0v) is 19.7. The highest BCUT2D eigenvalue weighted by Gasteiger charge is 2.30. The van der Waals surface area contributed by atoms with Gasteiger partial charge in [-0.1, -0.05) is 48.5 Å². The van der Waals surface area contributed by atoms with Gasteiger partial charge in [-0.3, -0.25) is 14.3 Å². The molecule has 1 aliphatic rings. The molecule has 1 heterocycles. The SMILES string of the molecule is CCn1cc(CNC(=O)C(CC(=O)O)NC(=O)OCC2c3ccccc3-c3ccccc32)c(C)n1. The second-order valence-electron chi connectivity index (χ2n) is 8.43. The fraction of sp³-hybridized carbons (Fsp3) is 0.308. The first kappa shape index (κ1) is 24.0. The number of aliphatic carboxylic acids is 1. The van der Waals surface area contributed by atoms with Crippen LogP contribution in [0.4, 0.5) is 4.79 Å². The third-order valence-corrected chi connectivity index (χ3v) is 6.16. The summed E-state index contributed by atoms with van der Waals surface area (Å²) in [6.07, 6.45) is 0.410. The van der Waals surface area contributed by atoms with Crippen molar-refractivity contribution in [3.05, 3.63) is 77.1 Å². The van der Waals surface area contributed by atoms with Gasteiger partial charge in [-0.25, -0.2) is 4.79 Å². The Labute approximate surface area is 203 Å². The van der Waals surface area contributed by atoms with Crippen LogP contribution in [0.5, 0.6) is 0 Å². The molecule has 3 N–H and O–H groups in total. The number of carbonyl (C=O) groups excluding carboxylic acids is 2. The largest absolute Gasteiger partial charge is 0.481 e. The third kappa shape index (κ3) is 5.34. The molecule has 4 rings (SSSR count). The standard InChI is InChI=1S/C26H28N4O5/c1-3-30-14-17(16(2)29-30)13-27-25(33)23(12-24(31)32)28-26(34)35-15-22-20-10-6-4-8-18(20)19-9-5-7-11-21(19)22/h4-11,14,22-23H,3,12-13,15H2,1-2H3,(H,27,33)(H,28,34)(H,31,32). The normalized spacial score (nSPS) is 13.0. The van der Waals surface area contributed by atoms with E-state index in [-0.39, 0.29) is 19.1 Å². The van der Waals surface area contributed by atoms with E-state index >= 15 is 0 Å². The van der Waals surface area contributed by atoms with Gasteiger partial charge in [-0.15, -0.1) is 0 Å². The lowest BCUT2D eigenvalue weighted by Crippen LogP contribution is -2.48. The maximum atomic E-state index is 12.7. The molecule has 2 amide bonds. The van der Waals surface area contributed by atoms with Crippen LogP contribution in [0.1, 0.15) is 41.6 Å². The Hall–Kier alpha value is -4.14. The van der Waals surface area contributed by atoms with Crippen molar-refractivity contribution in [1.82, 2.24) is 20.4 Å². The van der Waals surface area contributed by atoms with E-state index in [0.29, 0.717) is 6.54 Å². The van der Waals surface area contributed by atoms with Crippen LogP contribution >= 0.6 is 0 Å². The number of rotatable bonds is 9. The number of alkyl carbamates (subject to hydrolysis) is 1. The van der Waals surface area contributed by atoms with Gasteiger partial charge < -0.3 is 20.5 Å². The highest BCUT2D eigenvalue weighted by Crippen LogP contribution is 2.44. The Bertz CT molecular complexity index is 1210. The van der Waals surface area contributed by atoms with Crippen LogP contribution in [0.15, 0.2) is 54.7 Å². The van der Waals surface area contributed by atoms with E-state index in [9.17, 15) is 19.5 Å². The zero-order chi connectivity index (χ0) is 24.9. The molecule has 0 radical (unpaired) electrons. The summed E-state index contributed by atoms with van der Waals surface area (Å²) in [5, 5.41) is 18.7. The minimum Gasteiger partial charge on any atom is -0.481 e. The van der Waals surface area contributed by atoms with E-state index in [0.717, 1.165) is 33.5 Å². The minimum absolute atomic E-state index is 0.0661. The number of carboxylic acids is 1. The molecule has 1 aliphatic carbocycles. The average molecular weight is 477 g/mol. The van der Waals surface area contributed by atoms with E-state index in [2.05, 4.69) is 15.7 Å². The number of amides is 2. The van der Waals surface area contributed by atoms with Gasteiger partial charge in [-0.05, 0) is 36.1 Å². The molecule has 35 heavy (non-hydrogen) atoms. The summed E-state index contributed by atoms with van der Waals surface area (Å²) in [4.78, 5) is 36.6. The van der Waals surface area contributed by atoms with Crippen molar-refractivity contribution < 1.29 is 24.2 Å². The lowest BCUT2D eigenvalue weighted by atomic mass is 9.98. The van der Waals surface area contributed by atoms with Crippen molar-refractivity contribution >= 4 is 18.0 Å². The fourth-order valence-corrected chi connectivity index (χ4v) is 4.37. The molecule has 0 spiro atoms. The Balaban J connectivity index is 1.38. The lowest BCUT2D eigenvalue weighted by molar-refractivity contribution is -0.139. The number of nitrogens with zero attached hydrogens (tertiary/aromatic N) is 2. The molecule has 1 atom stereocenters. The second kappa shape index (κ2) is 10.4. The van der Waals surface area contributed by atoms with E-state index in [1.807, 2.05) is 68.6 Å². The third-order valence-electron chi connectivity index (χ3n) is 6.16. The molecule has 0 bridgehead atoms. The Morgan fingerprint density at radius 3 is 2.29 bits per heavy atom. The van der Waals surface area contributed by atoms with Crippen LogP contribution in [0, 0.1) is 6.92 Å². The number of fused-ring (bicyclic) bond motifs is 3. The second-order valence-corrected chi connectivity index (χ2v) is 8.43. The number of nitrogens with one attached hydrogen (secondary N) is 2. The number of hydrogen-bond acceptors (Lipinski definition) is 5. The van der Waals surface area contributed by atoms with Crippen molar-refractivity contribution in [3.63, 3.8) is 0 Å². The van der Waals surface area contributed by atoms with E-state index < -0.39 is 30.4 Å². The quantitative estimate of drug-likeness (QED) is 0.436. The first-order chi connectivity index (χ1) is 16.9. The molecular weight excluding hydrogens is 448 g/mol. The topological polar surface area (TPSA) is 123 Å². The smallest absolute Gasteiger partial charge is 0.407 e. The maximum Gasteiger partial charge on any atom is 0.407 e. The molecule has 9 heteroatoms. The van der Waals surface area contributed by atoms with Gasteiger partial charge >= 0.3 is 12.1 Å². The number of aryl methyl sites for hydroxylation is 2. The first-order valence-corrected chi connectivity index (χ1v) is 11.5. The Kier molecular flexibility index (Phi) is 7.14. The molecule has 3 aromatic rings. The lowest BCUT2D eigenvalue weighted by Gasteiger charge is -2.18. The Morgan fingerprint density at radius 2 is 1.71 bits per heavy atom. The highest BCUT2D eigenvalue weighted by molar-refractivity contribution is 5.89. The summed E-state index contributed by atoms with van der Waals surface area (Å²) in [6.45, 7) is 4.72. The van der Waals surface area contributed by atoms with Crippen LogP contribution in [0.25, 0.3) is 11.1 Å². The summed E-state index contributed by atoms with van der Waals surface area (Å²) >= 11 is 0. The Morgan fingerprint density at radius 1 is 1.09 bits per heavy atom. The predicted octanol–water partition coefficient (Wildman–Crippen LogP) is 3.21. The summed E-state index contributed by atoms with van der Waals surface area (Å²) in [5.41, 5.74) is 5.90. The van der Waals surface area contributed by atoms with Crippen molar-refractivity contribution in [2.75, 3.05) is 6.61 Å². The van der Waals surface area contributed by atoms with Crippen LogP contribution in [0.2, 0.25) is 0 Å². The predicted molar refractivity (Wildman–Crippen MR) is 129 cm³/mol. The van der Waals surface area contributed by atoms with Crippen molar-refractivity contribution in [1.29, 1.82) is 0 Å². The molecular formula is C26H28N4O5. The molecule has 0 saturated carbocycles. The summed E-state index contributed by atoms with van der Waals surface area (Å²) in [5.74, 6) is -1.96. The van der Waals surface area contributed by atoms with Crippen molar-refractivity contribution in [2.45, 2.75) is 45.3 Å². The number of benzene rings is 2. The molecule has 1 unspecified atom stereocenters. The fourth-order valence-electron chi connectivity index (χ4n) is 4.37. The summed E-state index contributed by atoms with van der Waals surface area (Å²) < 4.78 is 7.22. The number of aromatic nitrogens is 2. The molecule has 0 saturated heterocycles.